The molecule has 5 nitrogen and oxygen atoms in total. The van der Waals surface area contributed by atoms with Gasteiger partial charge in [-0.3, -0.25) is 4.52 Å². The highest BCUT2D eigenvalue weighted by Crippen LogP contribution is 2.69. The fourth-order valence-corrected chi connectivity index (χ4v) is 3.38. The molecule has 0 spiro atoms. The molecule has 0 aliphatic carbocycles. The molecule has 0 bridgehead atoms. The Bertz CT molecular complexity index is 1220. The summed E-state index contributed by atoms with van der Waals surface area (Å²) in [5.41, 5.74) is -9.28. The van der Waals surface area contributed by atoms with Crippen molar-refractivity contribution in [2.45, 2.75) is 89.8 Å². The molecule has 0 aromatic rings. The van der Waals surface area contributed by atoms with E-state index in [1.54, 1.807) is 0 Å². The maximum atomic E-state index is 13.8. The average molecular weight is 824 g/mol. The Labute approximate surface area is 248 Å². The number of phosphoric acid groups is 1. The largest absolute Gasteiger partial charge is 0.469 e. The predicted molar refractivity (Wildman–Crippen MR) is 94.0 cm³/mol. The lowest BCUT2D eigenvalue weighted by atomic mass is 9.81. The van der Waals surface area contributed by atoms with Crippen LogP contribution in [0.3, 0.4) is 0 Å². The van der Waals surface area contributed by atoms with Gasteiger partial charge in [-0.2, -0.15) is 114 Å². The lowest BCUT2D eigenvalue weighted by Crippen LogP contribution is -2.79. The van der Waals surface area contributed by atoms with Crippen LogP contribution in [0.1, 0.15) is 6.42 Å². The van der Waals surface area contributed by atoms with Crippen LogP contribution in [0.25, 0.3) is 0 Å². The van der Waals surface area contributed by atoms with Crippen molar-refractivity contribution in [3.8, 4) is 0 Å². The van der Waals surface area contributed by atoms with Crippen LogP contribution in [-0.2, 0) is 9.09 Å². The second kappa shape index (κ2) is 12.1. The number of phosphoric ester groups is 1. The van der Waals surface area contributed by atoms with Crippen LogP contribution in [0.15, 0.2) is 0 Å². The summed E-state index contributed by atoms with van der Waals surface area (Å²) in [5, 5.41) is 8.90. The SMILES string of the molecule is O=P(O)(O)OCC(O)CC(F)(F)C(F)(F)C(F)(F)C(F)(F)C(F)(F)C(F)(F)C(F)(F)C(F)(F)C(F)(F)C(F)(F)C(F)(C(F)(F)F)C(F)(F)F. The molecule has 0 radical (unpaired) electrons. The lowest BCUT2D eigenvalue weighted by Gasteiger charge is -2.46. The monoisotopic (exact) mass is 824 g/mol. The van der Waals surface area contributed by atoms with Gasteiger partial charge in [0.05, 0.1) is 12.7 Å². The van der Waals surface area contributed by atoms with Crippen LogP contribution in [0.5, 0.6) is 0 Å². The Morgan fingerprint density at radius 3 is 0.878 bits per heavy atom. The smallest absolute Gasteiger partial charge is 0.390 e. The Morgan fingerprint density at radius 2 is 0.653 bits per heavy atom. The standard InChI is InChI=1S/C16H8F27O5P/c17-4(18,1-3(44)2-48-49(45,46)47)6(20,21)8(24,25)10(28,29)12(32,33)14(36,37)13(34,35)11(30,31)9(26,27)7(22,23)5(19,15(38,39)40)16(41,42)43/h3,44H,1-2H2,(H2,45,46,47). The van der Waals surface area contributed by atoms with Crippen molar-refractivity contribution in [3.63, 3.8) is 0 Å². The minimum atomic E-state index is -9.93. The molecule has 0 saturated heterocycles. The highest BCUT2D eigenvalue weighted by Gasteiger charge is 3.01. The molecule has 0 aromatic heterocycles. The van der Waals surface area contributed by atoms with Crippen molar-refractivity contribution in [1.29, 1.82) is 0 Å². The molecular formula is C16H8F27O5P. The predicted octanol–water partition coefficient (Wildman–Crippen LogP) is 8.03. The van der Waals surface area contributed by atoms with E-state index in [1.165, 1.54) is 0 Å². The van der Waals surface area contributed by atoms with Crippen LogP contribution in [0.4, 0.5) is 119 Å². The fourth-order valence-electron chi connectivity index (χ4n) is 3.01. The van der Waals surface area contributed by atoms with Gasteiger partial charge in [0.25, 0.3) is 0 Å². The molecule has 0 fully saturated rings. The third-order valence-electron chi connectivity index (χ3n) is 5.76. The second-order valence-corrected chi connectivity index (χ2v) is 10.4. The molecule has 0 aliphatic rings. The molecule has 0 aromatic carbocycles. The van der Waals surface area contributed by atoms with E-state index >= 15 is 0 Å². The van der Waals surface area contributed by atoms with Gasteiger partial charge in [0, 0.05) is 6.42 Å². The van der Waals surface area contributed by atoms with E-state index in [1.807, 2.05) is 0 Å². The van der Waals surface area contributed by atoms with Crippen LogP contribution >= 0.6 is 7.82 Å². The molecule has 0 aliphatic heterocycles. The summed E-state index contributed by atoms with van der Waals surface area (Å²) in [4.78, 5) is 16.4. The van der Waals surface area contributed by atoms with E-state index in [4.69, 9.17) is 14.9 Å². The van der Waals surface area contributed by atoms with E-state index in [-0.39, 0.29) is 0 Å². The summed E-state index contributed by atoms with van der Waals surface area (Å²) in [6.45, 7) is -2.39. The summed E-state index contributed by atoms with van der Waals surface area (Å²) >= 11 is 0. The maximum absolute atomic E-state index is 13.8. The van der Waals surface area contributed by atoms with Crippen molar-refractivity contribution in [2.24, 2.45) is 0 Å². The van der Waals surface area contributed by atoms with Gasteiger partial charge in [-0.25, -0.2) is 8.96 Å². The number of halogens is 27. The van der Waals surface area contributed by atoms with Gasteiger partial charge in [0.15, 0.2) is 0 Å². The first-order chi connectivity index (χ1) is 20.6. The van der Waals surface area contributed by atoms with Gasteiger partial charge in [-0.15, -0.1) is 0 Å². The molecule has 3 N–H and O–H groups in total. The lowest BCUT2D eigenvalue weighted by molar-refractivity contribution is -0.487. The fraction of sp³-hybridized carbons (Fsp3) is 1.00. The summed E-state index contributed by atoms with van der Waals surface area (Å²) < 4.78 is 377. The van der Waals surface area contributed by atoms with Gasteiger partial charge in [0.2, 0.25) is 0 Å². The molecule has 33 heteroatoms. The van der Waals surface area contributed by atoms with Crippen molar-refractivity contribution >= 4 is 7.82 Å². The van der Waals surface area contributed by atoms with Gasteiger partial charge in [-0.1, -0.05) is 0 Å². The number of hydrogen-bond acceptors (Lipinski definition) is 3. The third kappa shape index (κ3) is 6.56. The van der Waals surface area contributed by atoms with E-state index in [0.29, 0.717) is 0 Å². The van der Waals surface area contributed by atoms with Crippen molar-refractivity contribution in [1.82, 2.24) is 0 Å². The van der Waals surface area contributed by atoms with E-state index < -0.39 is 104 Å². The quantitative estimate of drug-likeness (QED) is 0.115. The van der Waals surface area contributed by atoms with Crippen molar-refractivity contribution < 1.29 is 143 Å². The first-order valence-electron chi connectivity index (χ1n) is 10.6. The first kappa shape index (κ1) is 47.2. The van der Waals surface area contributed by atoms with Crippen LogP contribution in [0.2, 0.25) is 0 Å². The molecule has 49 heavy (non-hydrogen) atoms. The molecular weight excluding hydrogens is 816 g/mol. The Morgan fingerprint density at radius 1 is 0.429 bits per heavy atom. The second-order valence-electron chi connectivity index (χ2n) is 9.17. The topological polar surface area (TPSA) is 87.0 Å². The maximum Gasteiger partial charge on any atom is 0.469 e. The van der Waals surface area contributed by atoms with Gasteiger partial charge >= 0.3 is 85.1 Å². The molecule has 0 amide bonds. The zero-order valence-corrected chi connectivity index (χ0v) is 22.2. The van der Waals surface area contributed by atoms with Gasteiger partial charge in [-0.05, 0) is 0 Å². The summed E-state index contributed by atoms with van der Waals surface area (Å²) in [6, 6.07) is 0. The number of rotatable bonds is 15. The summed E-state index contributed by atoms with van der Waals surface area (Å²) in [6.07, 6.45) is -24.8. The molecule has 0 saturated carbocycles. The zero-order valence-electron chi connectivity index (χ0n) is 21.3. The van der Waals surface area contributed by atoms with Crippen molar-refractivity contribution in [3.05, 3.63) is 0 Å². The highest BCUT2D eigenvalue weighted by atomic mass is 31.2. The number of hydrogen-bond donors (Lipinski definition) is 3. The number of aliphatic hydroxyl groups excluding tert-OH is 1. The van der Waals surface area contributed by atoms with Crippen LogP contribution in [0, 0.1) is 0 Å². The average Bonchev–Trinajstić information content (AvgIpc) is 2.83. The minimum Gasteiger partial charge on any atom is -0.390 e. The summed E-state index contributed by atoms with van der Waals surface area (Å²) in [7, 11) is -5.91. The minimum absolute atomic E-state index is 2.39. The van der Waals surface area contributed by atoms with E-state index in [2.05, 4.69) is 4.52 Å². The first-order valence-corrected chi connectivity index (χ1v) is 12.1. The molecule has 296 valence electrons. The van der Waals surface area contributed by atoms with Crippen molar-refractivity contribution in [2.75, 3.05) is 6.61 Å². The summed E-state index contributed by atoms with van der Waals surface area (Å²) in [5.74, 6) is -93.6. The number of alkyl halides is 27. The molecule has 0 heterocycles. The van der Waals surface area contributed by atoms with Gasteiger partial charge in [0.1, 0.15) is 0 Å². The van der Waals surface area contributed by atoms with E-state index in [9.17, 15) is 123 Å². The van der Waals surface area contributed by atoms with Crippen LogP contribution < -0.4 is 0 Å². The molecule has 0 rings (SSSR count). The Balaban J connectivity index is 7.36. The third-order valence-corrected chi connectivity index (χ3v) is 6.24. The number of aliphatic hydroxyl groups is 1. The molecule has 1 unspecified atom stereocenters. The van der Waals surface area contributed by atoms with E-state index in [0.717, 1.165) is 0 Å². The van der Waals surface area contributed by atoms with Gasteiger partial charge < -0.3 is 14.9 Å². The molecule has 1 atom stereocenters. The highest BCUT2D eigenvalue weighted by molar-refractivity contribution is 7.46. The zero-order chi connectivity index (χ0) is 40.7. The van der Waals surface area contributed by atoms with Crippen LogP contribution in [-0.4, -0.2) is 105 Å². The Hall–Kier alpha value is -1.82. The Kier molecular flexibility index (Phi) is 11.7. The normalized spacial score (nSPS) is 17.4.